The molecule has 0 radical (unpaired) electrons. The SMILES string of the molecule is Nc1ncc(C#Cc2cccc3ccccc23)c2c1cnn2[C@H]1C[C@H](O)[C@@H](CO)O1. The molecule has 1 saturated heterocycles. The number of anilines is 1. The predicted octanol–water partition coefficient (Wildman–Crippen LogP) is 2.21. The van der Waals surface area contributed by atoms with Gasteiger partial charge in [0.2, 0.25) is 0 Å². The highest BCUT2D eigenvalue weighted by Gasteiger charge is 2.35. The van der Waals surface area contributed by atoms with Gasteiger partial charge in [0, 0.05) is 18.2 Å². The van der Waals surface area contributed by atoms with Crippen LogP contribution in [0.5, 0.6) is 0 Å². The van der Waals surface area contributed by atoms with Gasteiger partial charge >= 0.3 is 0 Å². The number of aromatic nitrogens is 3. The van der Waals surface area contributed by atoms with Crippen LogP contribution in [0.25, 0.3) is 21.7 Å². The first-order valence-electron chi connectivity index (χ1n) is 9.71. The molecule has 4 aromatic rings. The van der Waals surface area contributed by atoms with Crippen molar-refractivity contribution in [1.29, 1.82) is 0 Å². The summed E-state index contributed by atoms with van der Waals surface area (Å²) in [4.78, 5) is 4.26. The highest BCUT2D eigenvalue weighted by atomic mass is 16.5. The number of nitrogens with zero attached hydrogens (tertiary/aromatic N) is 3. The Bertz CT molecular complexity index is 1300. The average Bonchev–Trinajstić information content (AvgIpc) is 3.37. The van der Waals surface area contributed by atoms with E-state index < -0.39 is 18.4 Å². The Morgan fingerprint density at radius 3 is 2.70 bits per heavy atom. The molecule has 0 aliphatic carbocycles. The number of benzene rings is 2. The van der Waals surface area contributed by atoms with E-state index in [9.17, 15) is 10.2 Å². The number of rotatable bonds is 2. The molecule has 0 amide bonds. The van der Waals surface area contributed by atoms with Crippen molar-refractivity contribution in [2.75, 3.05) is 12.3 Å². The molecule has 1 aliphatic heterocycles. The third-order valence-electron chi connectivity index (χ3n) is 5.44. The normalized spacial score (nSPS) is 21.1. The first-order valence-corrected chi connectivity index (χ1v) is 9.71. The van der Waals surface area contributed by atoms with Crippen LogP contribution < -0.4 is 5.73 Å². The standard InChI is InChI=1S/C23H20N4O3/c24-23-18-12-26-27(21-10-19(29)20(13-28)30-21)22(18)16(11-25-23)9-8-15-6-3-5-14-4-1-2-7-17(14)15/h1-7,11-12,19-21,28-29H,10,13H2,(H2,24,25)/t19-,20+,21+/m0/s1. The van der Waals surface area contributed by atoms with Crippen molar-refractivity contribution in [2.45, 2.75) is 24.9 Å². The third kappa shape index (κ3) is 3.08. The maximum atomic E-state index is 10.1. The molecule has 150 valence electrons. The Hall–Kier alpha value is -3.44. The van der Waals surface area contributed by atoms with Gasteiger partial charge in [-0.25, -0.2) is 9.67 Å². The second-order valence-corrected chi connectivity index (χ2v) is 7.30. The molecule has 2 aromatic heterocycles. The number of fused-ring (bicyclic) bond motifs is 2. The highest BCUT2D eigenvalue weighted by molar-refractivity contribution is 5.93. The van der Waals surface area contributed by atoms with Crippen LogP contribution in [-0.4, -0.2) is 43.8 Å². The van der Waals surface area contributed by atoms with Crippen molar-refractivity contribution in [3.8, 4) is 11.8 Å². The van der Waals surface area contributed by atoms with Crippen LogP contribution in [0.4, 0.5) is 5.82 Å². The highest BCUT2D eigenvalue weighted by Crippen LogP contribution is 2.33. The minimum Gasteiger partial charge on any atom is -0.394 e. The Balaban J connectivity index is 1.62. The lowest BCUT2D eigenvalue weighted by molar-refractivity contribution is -0.0468. The van der Waals surface area contributed by atoms with E-state index in [4.69, 9.17) is 10.5 Å². The average molecular weight is 400 g/mol. The maximum Gasteiger partial charge on any atom is 0.154 e. The summed E-state index contributed by atoms with van der Waals surface area (Å²) < 4.78 is 7.45. The summed E-state index contributed by atoms with van der Waals surface area (Å²) in [5.41, 5.74) is 8.33. The van der Waals surface area contributed by atoms with E-state index in [1.165, 1.54) is 0 Å². The van der Waals surface area contributed by atoms with Crippen LogP contribution in [0, 0.1) is 11.8 Å². The molecule has 30 heavy (non-hydrogen) atoms. The van der Waals surface area contributed by atoms with Crippen LogP contribution in [0.1, 0.15) is 23.8 Å². The van der Waals surface area contributed by atoms with Gasteiger partial charge in [-0.1, -0.05) is 48.2 Å². The van der Waals surface area contributed by atoms with Gasteiger partial charge in [-0.3, -0.25) is 0 Å². The molecule has 7 nitrogen and oxygen atoms in total. The Kier molecular flexibility index (Phi) is 4.60. The van der Waals surface area contributed by atoms with E-state index in [0.29, 0.717) is 28.7 Å². The van der Waals surface area contributed by atoms with E-state index in [1.54, 1.807) is 17.1 Å². The van der Waals surface area contributed by atoms with Crippen molar-refractivity contribution in [1.82, 2.24) is 14.8 Å². The molecule has 3 heterocycles. The summed E-state index contributed by atoms with van der Waals surface area (Å²) >= 11 is 0. The van der Waals surface area contributed by atoms with Crippen LogP contribution in [0.2, 0.25) is 0 Å². The molecule has 0 saturated carbocycles. The summed E-state index contributed by atoms with van der Waals surface area (Å²) in [6.45, 7) is -0.256. The quantitative estimate of drug-likeness (QED) is 0.446. The fraction of sp³-hybridized carbons (Fsp3) is 0.217. The number of hydrogen-bond acceptors (Lipinski definition) is 6. The molecule has 1 aliphatic rings. The lowest BCUT2D eigenvalue weighted by Gasteiger charge is -2.14. The summed E-state index contributed by atoms with van der Waals surface area (Å²) in [6, 6.07) is 14.1. The first kappa shape index (κ1) is 18.6. The molecule has 7 heteroatoms. The number of nitrogen functional groups attached to an aromatic ring is 1. The predicted molar refractivity (Wildman–Crippen MR) is 113 cm³/mol. The lowest BCUT2D eigenvalue weighted by Crippen LogP contribution is -2.24. The van der Waals surface area contributed by atoms with E-state index in [0.717, 1.165) is 16.3 Å². The van der Waals surface area contributed by atoms with Crippen LogP contribution in [0.15, 0.2) is 54.9 Å². The Morgan fingerprint density at radius 2 is 1.87 bits per heavy atom. The van der Waals surface area contributed by atoms with Crippen LogP contribution in [0.3, 0.4) is 0 Å². The molecule has 0 bridgehead atoms. The van der Waals surface area contributed by atoms with Crippen LogP contribution in [-0.2, 0) is 4.74 Å². The molecule has 0 unspecified atom stereocenters. The van der Waals surface area contributed by atoms with Crippen LogP contribution >= 0.6 is 0 Å². The molecular formula is C23H20N4O3. The van der Waals surface area contributed by atoms with Gasteiger partial charge in [-0.05, 0) is 16.8 Å². The number of nitrogens with two attached hydrogens (primary N) is 1. The molecule has 1 fully saturated rings. The summed E-state index contributed by atoms with van der Waals surface area (Å²) in [5, 5.41) is 26.8. The largest absolute Gasteiger partial charge is 0.394 e. The Morgan fingerprint density at radius 1 is 1.07 bits per heavy atom. The first-order chi connectivity index (χ1) is 14.7. The number of pyridine rings is 1. The minimum absolute atomic E-state index is 0.256. The fourth-order valence-corrected chi connectivity index (χ4v) is 3.89. The maximum absolute atomic E-state index is 10.1. The van der Waals surface area contributed by atoms with E-state index in [2.05, 4.69) is 34.1 Å². The van der Waals surface area contributed by atoms with Gasteiger partial charge in [0.25, 0.3) is 0 Å². The molecule has 2 aromatic carbocycles. The zero-order chi connectivity index (χ0) is 20.7. The molecule has 0 spiro atoms. The molecular weight excluding hydrogens is 380 g/mol. The van der Waals surface area contributed by atoms with Crippen molar-refractivity contribution in [3.05, 3.63) is 66.0 Å². The number of hydrogen-bond donors (Lipinski definition) is 3. The summed E-state index contributed by atoms with van der Waals surface area (Å²) in [5.74, 6) is 6.81. The van der Waals surface area contributed by atoms with Gasteiger partial charge in [-0.15, -0.1) is 0 Å². The second-order valence-electron chi connectivity index (χ2n) is 7.30. The summed E-state index contributed by atoms with van der Waals surface area (Å²) in [7, 11) is 0. The number of aliphatic hydroxyl groups is 2. The zero-order valence-corrected chi connectivity index (χ0v) is 16.1. The van der Waals surface area contributed by atoms with E-state index >= 15 is 0 Å². The topological polar surface area (TPSA) is 106 Å². The number of ether oxygens (including phenoxy) is 1. The smallest absolute Gasteiger partial charge is 0.154 e. The lowest BCUT2D eigenvalue weighted by atomic mass is 10.0. The third-order valence-corrected chi connectivity index (χ3v) is 5.44. The van der Waals surface area contributed by atoms with Crippen molar-refractivity contribution >= 4 is 27.5 Å². The van der Waals surface area contributed by atoms with Crippen molar-refractivity contribution in [2.24, 2.45) is 0 Å². The second kappa shape index (κ2) is 7.43. The van der Waals surface area contributed by atoms with Gasteiger partial charge in [0.15, 0.2) is 6.23 Å². The van der Waals surface area contributed by atoms with Crippen molar-refractivity contribution in [3.63, 3.8) is 0 Å². The molecule has 3 atom stereocenters. The molecule has 5 rings (SSSR count). The van der Waals surface area contributed by atoms with E-state index in [1.807, 2.05) is 30.3 Å². The van der Waals surface area contributed by atoms with Gasteiger partial charge in [0.1, 0.15) is 11.9 Å². The van der Waals surface area contributed by atoms with Gasteiger partial charge in [0.05, 0.1) is 35.4 Å². The summed E-state index contributed by atoms with van der Waals surface area (Å²) in [6.07, 6.45) is 1.66. The van der Waals surface area contributed by atoms with E-state index in [-0.39, 0.29) is 6.61 Å². The molecule has 4 N–H and O–H groups in total. The van der Waals surface area contributed by atoms with Gasteiger partial charge < -0.3 is 20.7 Å². The number of aliphatic hydroxyl groups excluding tert-OH is 2. The van der Waals surface area contributed by atoms with Gasteiger partial charge in [-0.2, -0.15) is 5.10 Å². The van der Waals surface area contributed by atoms with Crippen molar-refractivity contribution < 1.29 is 14.9 Å². The zero-order valence-electron chi connectivity index (χ0n) is 16.1. The fourth-order valence-electron chi connectivity index (χ4n) is 3.89. The monoisotopic (exact) mass is 400 g/mol. The minimum atomic E-state index is -0.761. The Labute approximate surface area is 172 Å².